The molecule has 2 amide bonds. The molecule has 2 aromatic rings. The van der Waals surface area contributed by atoms with Crippen molar-refractivity contribution < 1.29 is 40.3 Å². The van der Waals surface area contributed by atoms with Gasteiger partial charge in [-0.25, -0.2) is 10.2 Å². The predicted molar refractivity (Wildman–Crippen MR) is 152 cm³/mol. The van der Waals surface area contributed by atoms with E-state index in [1.807, 2.05) is 33.8 Å². The number of nitrogens with one attached hydrogen (secondary N) is 1. The minimum atomic E-state index is -6.27. The van der Waals surface area contributed by atoms with Gasteiger partial charge in [-0.1, -0.05) is 71.5 Å². The molecular formula is C31H38F7N3O2. The Bertz CT molecular complexity index is 1370. The minimum Gasteiger partial charge on any atom is -0.322 e. The Morgan fingerprint density at radius 3 is 2.07 bits per heavy atom. The highest BCUT2D eigenvalue weighted by Gasteiger charge is 2.73. The Morgan fingerprint density at radius 2 is 1.53 bits per heavy atom. The maximum Gasteiger partial charge on any atom is 0.435 e. The summed E-state index contributed by atoms with van der Waals surface area (Å²) in [5.41, 5.74) is -7.62. The maximum atomic E-state index is 14.5. The summed E-state index contributed by atoms with van der Waals surface area (Å²) >= 11 is 0. The van der Waals surface area contributed by atoms with Gasteiger partial charge in [0.05, 0.1) is 17.2 Å². The van der Waals surface area contributed by atoms with E-state index in [-0.39, 0.29) is 53.1 Å². The van der Waals surface area contributed by atoms with Crippen molar-refractivity contribution in [2.24, 2.45) is 23.1 Å². The Hall–Kier alpha value is -3.41. The molecule has 5 nitrogen and oxygen atoms in total. The van der Waals surface area contributed by atoms with E-state index < -0.39 is 35.4 Å². The van der Waals surface area contributed by atoms with E-state index in [0.717, 1.165) is 24.4 Å². The number of fused-ring (bicyclic) bond motifs is 1. The zero-order chi connectivity index (χ0) is 32.0. The van der Waals surface area contributed by atoms with Crippen LogP contribution in [0.15, 0.2) is 48.6 Å². The van der Waals surface area contributed by atoms with Gasteiger partial charge in [0.25, 0.3) is 11.8 Å². The third-order valence-corrected chi connectivity index (χ3v) is 8.16. The number of nitrogens with zero attached hydrogens (tertiary/aromatic N) is 1. The number of halogens is 7. The first-order valence-electron chi connectivity index (χ1n) is 13.4. The summed E-state index contributed by atoms with van der Waals surface area (Å²) in [6.07, 6.45) is -7.62. The average molecular weight is 618 g/mol. The summed E-state index contributed by atoms with van der Waals surface area (Å²) in [5.74, 6) is 5.29. The van der Waals surface area contributed by atoms with Crippen molar-refractivity contribution in [2.75, 3.05) is 5.32 Å². The number of benzene rings is 2. The number of rotatable bonds is 5. The third-order valence-electron chi connectivity index (χ3n) is 8.16. The molecule has 0 saturated heterocycles. The molecule has 3 N–H and O–H groups in total. The standard InChI is InChI=1S/C28H28F7N3O2.C2H6.CH4/c1-14-7-5-9-18(21(14)24(40)38(36)22-17-8-6-10-19(17)25(22,3)4)23(39)37-20-12-11-16(13-15(20)2)26(29,27(30,31)32)28(33,34)35;1-2;/h5-7,9-13,17,19,22H,8,36H2,1-4H3,(H,37,39);1-2H3;1H4/t17-,19+,22?;;/m1../s1. The van der Waals surface area contributed by atoms with E-state index in [1.165, 1.54) is 12.1 Å². The fourth-order valence-corrected chi connectivity index (χ4v) is 6.08. The number of carbonyl (C=O) groups is 2. The molecule has 1 unspecified atom stereocenters. The number of allylic oxidation sites excluding steroid dienone is 2. The average Bonchev–Trinajstić information content (AvgIpc) is 3.35. The van der Waals surface area contributed by atoms with Crippen LogP contribution in [0.3, 0.4) is 0 Å². The van der Waals surface area contributed by atoms with E-state index in [1.54, 1.807) is 13.0 Å². The van der Waals surface area contributed by atoms with Crippen LogP contribution in [0, 0.1) is 31.1 Å². The summed E-state index contributed by atoms with van der Waals surface area (Å²) in [6, 6.07) is 5.65. The molecule has 4 rings (SSSR count). The van der Waals surface area contributed by atoms with Gasteiger partial charge in [0.1, 0.15) is 0 Å². The van der Waals surface area contributed by atoms with E-state index in [9.17, 15) is 40.3 Å². The Morgan fingerprint density at radius 1 is 0.953 bits per heavy atom. The van der Waals surface area contributed by atoms with Crippen molar-refractivity contribution in [2.45, 2.75) is 79.5 Å². The number of hydrazine groups is 1. The Balaban J connectivity index is 0.00000211. The summed E-state index contributed by atoms with van der Waals surface area (Å²) in [4.78, 5) is 26.9. The number of carbonyl (C=O) groups excluding carboxylic acids is 2. The Kier molecular flexibility index (Phi) is 10.2. The number of nitrogens with two attached hydrogens (primary N) is 1. The highest BCUT2D eigenvalue weighted by Crippen LogP contribution is 2.58. The van der Waals surface area contributed by atoms with E-state index in [0.29, 0.717) is 17.7 Å². The van der Waals surface area contributed by atoms with Crippen LogP contribution >= 0.6 is 0 Å². The van der Waals surface area contributed by atoms with Crippen LogP contribution in [0.25, 0.3) is 0 Å². The van der Waals surface area contributed by atoms with Gasteiger partial charge < -0.3 is 5.32 Å². The molecule has 1 saturated carbocycles. The normalized spacial score (nSPS) is 20.6. The van der Waals surface area contributed by atoms with Crippen LogP contribution in [-0.2, 0) is 5.67 Å². The van der Waals surface area contributed by atoms with Gasteiger partial charge in [0, 0.05) is 11.3 Å². The van der Waals surface area contributed by atoms with Gasteiger partial charge in [0.2, 0.25) is 0 Å². The van der Waals surface area contributed by atoms with Crippen LogP contribution < -0.4 is 11.2 Å². The van der Waals surface area contributed by atoms with Crippen molar-refractivity contribution in [1.82, 2.24) is 5.01 Å². The number of hydrogen-bond acceptors (Lipinski definition) is 3. The molecule has 2 aromatic carbocycles. The first-order valence-corrected chi connectivity index (χ1v) is 13.4. The predicted octanol–water partition coefficient (Wildman–Crippen LogP) is 8.42. The van der Waals surface area contributed by atoms with Crippen molar-refractivity contribution in [3.05, 3.63) is 76.4 Å². The lowest BCUT2D eigenvalue weighted by Gasteiger charge is -2.58. The van der Waals surface area contributed by atoms with Crippen LogP contribution in [0.4, 0.5) is 36.4 Å². The number of aryl methyl sites for hydroxylation is 2. The molecule has 0 bridgehead atoms. The van der Waals surface area contributed by atoms with Crippen molar-refractivity contribution in [1.29, 1.82) is 0 Å². The second kappa shape index (κ2) is 12.3. The Labute approximate surface area is 247 Å². The minimum absolute atomic E-state index is 0. The molecule has 0 aliphatic heterocycles. The number of alkyl halides is 7. The van der Waals surface area contributed by atoms with Crippen molar-refractivity contribution in [3.63, 3.8) is 0 Å². The van der Waals surface area contributed by atoms with Crippen molar-refractivity contribution >= 4 is 17.5 Å². The van der Waals surface area contributed by atoms with Crippen LogP contribution in [0.5, 0.6) is 0 Å². The molecule has 43 heavy (non-hydrogen) atoms. The first kappa shape index (κ1) is 35.8. The monoisotopic (exact) mass is 617 g/mol. The lowest BCUT2D eigenvalue weighted by atomic mass is 9.53. The molecule has 238 valence electrons. The van der Waals surface area contributed by atoms with Crippen LogP contribution in [0.2, 0.25) is 0 Å². The van der Waals surface area contributed by atoms with Crippen LogP contribution in [0.1, 0.15) is 78.9 Å². The number of anilines is 1. The van der Waals surface area contributed by atoms with Crippen molar-refractivity contribution in [3.8, 4) is 0 Å². The lowest BCUT2D eigenvalue weighted by Crippen LogP contribution is -2.66. The van der Waals surface area contributed by atoms with Gasteiger partial charge in [-0.05, 0) is 60.8 Å². The highest BCUT2D eigenvalue weighted by molar-refractivity contribution is 6.13. The quantitative estimate of drug-likeness (QED) is 0.116. The maximum absolute atomic E-state index is 14.5. The van der Waals surface area contributed by atoms with Gasteiger partial charge >= 0.3 is 18.0 Å². The van der Waals surface area contributed by atoms with E-state index in [2.05, 4.69) is 11.4 Å². The zero-order valence-corrected chi connectivity index (χ0v) is 24.0. The molecule has 2 aliphatic rings. The fraction of sp³-hybridized carbons (Fsp3) is 0.484. The SMILES string of the molecule is C.CC.Cc1cc(C(F)(C(F)(F)F)C(F)(F)F)ccc1NC(=O)c1cccc(C)c1C(=O)N(N)C1[C@@H]2CC=C[C@@H]2C1(C)C. The molecule has 0 aromatic heterocycles. The summed E-state index contributed by atoms with van der Waals surface area (Å²) in [6.45, 7) is 10.7. The highest BCUT2D eigenvalue weighted by atomic mass is 19.4. The van der Waals surface area contributed by atoms with E-state index in [4.69, 9.17) is 5.84 Å². The lowest BCUT2D eigenvalue weighted by molar-refractivity contribution is -0.348. The molecule has 12 heteroatoms. The third kappa shape index (κ3) is 5.90. The molecule has 0 radical (unpaired) electrons. The van der Waals surface area contributed by atoms with Crippen LogP contribution in [-0.4, -0.2) is 35.2 Å². The molecule has 0 heterocycles. The topological polar surface area (TPSA) is 75.4 Å². The molecule has 1 fully saturated rings. The van der Waals surface area contributed by atoms with Gasteiger partial charge in [0.15, 0.2) is 0 Å². The summed E-state index contributed by atoms with van der Waals surface area (Å²) in [5, 5.41) is 3.55. The number of amides is 2. The second-order valence-electron chi connectivity index (χ2n) is 11.0. The molecule has 2 aliphatic carbocycles. The smallest absolute Gasteiger partial charge is 0.322 e. The number of hydrogen-bond donors (Lipinski definition) is 2. The van der Waals surface area contributed by atoms with Gasteiger partial charge in [-0.3, -0.25) is 14.6 Å². The zero-order valence-electron chi connectivity index (χ0n) is 24.0. The summed E-state index contributed by atoms with van der Waals surface area (Å²) < 4.78 is 93.5. The fourth-order valence-electron chi connectivity index (χ4n) is 6.08. The second-order valence-corrected chi connectivity index (χ2v) is 11.0. The largest absolute Gasteiger partial charge is 0.435 e. The first-order chi connectivity index (χ1) is 19.3. The summed E-state index contributed by atoms with van der Waals surface area (Å²) in [7, 11) is 0. The van der Waals surface area contributed by atoms with Gasteiger partial charge in [-0.15, -0.1) is 0 Å². The molecule has 0 spiro atoms. The molecule has 3 atom stereocenters. The van der Waals surface area contributed by atoms with Gasteiger partial charge in [-0.2, -0.15) is 26.3 Å². The molecular weight excluding hydrogens is 579 g/mol. The van der Waals surface area contributed by atoms with E-state index >= 15 is 0 Å².